The van der Waals surface area contributed by atoms with Gasteiger partial charge in [-0.3, -0.25) is 0 Å². The number of rotatable bonds is 3. The molecule has 72 valence electrons. The van der Waals surface area contributed by atoms with Gasteiger partial charge in [-0.2, -0.15) is 0 Å². The molecule has 1 aliphatic rings. The molecule has 1 saturated heterocycles. The predicted molar refractivity (Wildman–Crippen MR) is 54.1 cm³/mol. The summed E-state index contributed by atoms with van der Waals surface area (Å²) >= 11 is 1.74. The largest absolute Gasteiger partial charge is 0.310 e. The Hall–Kier alpha value is -0.410. The molecule has 0 atom stereocenters. The Bertz CT molecular complexity index is 291. The number of thiophene rings is 1. The second-order valence-corrected chi connectivity index (χ2v) is 4.91. The highest BCUT2D eigenvalue weighted by molar-refractivity contribution is 7.12. The van der Waals surface area contributed by atoms with Crippen molar-refractivity contribution in [3.8, 4) is 0 Å². The second-order valence-electron chi connectivity index (χ2n) is 3.65. The van der Waals surface area contributed by atoms with Crippen molar-refractivity contribution in [1.29, 1.82) is 0 Å². The first-order chi connectivity index (χ1) is 6.22. The fourth-order valence-electron chi connectivity index (χ4n) is 1.54. The van der Waals surface area contributed by atoms with Gasteiger partial charge in [0.2, 0.25) is 0 Å². The van der Waals surface area contributed by atoms with Gasteiger partial charge in [0.25, 0.3) is 0 Å². The summed E-state index contributed by atoms with van der Waals surface area (Å²) < 4.78 is 13.6. The summed E-state index contributed by atoms with van der Waals surface area (Å²) in [4.78, 5) is 2.53. The zero-order valence-electron chi connectivity index (χ0n) is 7.77. The molecule has 0 unspecified atom stereocenters. The van der Waals surface area contributed by atoms with E-state index in [1.807, 2.05) is 0 Å². The summed E-state index contributed by atoms with van der Waals surface area (Å²) in [5.74, 6) is 0. The molecule has 0 radical (unpaired) electrons. The van der Waals surface area contributed by atoms with Crippen LogP contribution < -0.4 is 5.32 Å². The zero-order chi connectivity index (χ0) is 9.31. The van der Waals surface area contributed by atoms with E-state index in [-0.39, 0.29) is 0 Å². The molecule has 1 aliphatic heterocycles. The first kappa shape index (κ1) is 9.16. The lowest BCUT2D eigenvalue weighted by Crippen LogP contribution is -2.57. The molecule has 1 N–H and O–H groups in total. The second kappa shape index (κ2) is 3.39. The van der Waals surface area contributed by atoms with Crippen LogP contribution in [0.15, 0.2) is 12.1 Å². The lowest BCUT2D eigenvalue weighted by Gasteiger charge is -2.34. The van der Waals surface area contributed by atoms with Crippen LogP contribution in [0.2, 0.25) is 0 Å². The van der Waals surface area contributed by atoms with E-state index in [1.54, 1.807) is 11.3 Å². The zero-order valence-corrected chi connectivity index (χ0v) is 8.59. The van der Waals surface area contributed by atoms with E-state index in [4.69, 9.17) is 0 Å². The fourth-order valence-corrected chi connectivity index (χ4v) is 2.62. The van der Waals surface area contributed by atoms with Gasteiger partial charge in [-0.05, 0) is 18.6 Å². The Morgan fingerprint density at radius 2 is 2.15 bits per heavy atom. The highest BCUT2D eigenvalue weighted by atomic mass is 32.1. The van der Waals surface area contributed by atoms with Crippen LogP contribution in [-0.2, 0) is 12.8 Å². The maximum atomic E-state index is 13.6. The number of hydrogen-bond donors (Lipinski definition) is 1. The molecule has 3 heteroatoms. The maximum Gasteiger partial charge on any atom is 0.140 e. The first-order valence-electron chi connectivity index (χ1n) is 4.69. The van der Waals surface area contributed by atoms with Crippen molar-refractivity contribution in [2.24, 2.45) is 0 Å². The van der Waals surface area contributed by atoms with Crippen LogP contribution in [0.25, 0.3) is 0 Å². The van der Waals surface area contributed by atoms with Crippen molar-refractivity contribution in [3.63, 3.8) is 0 Å². The van der Waals surface area contributed by atoms with Crippen molar-refractivity contribution in [1.82, 2.24) is 5.32 Å². The molecule has 1 nitrogen and oxygen atoms in total. The minimum absolute atomic E-state index is 0.520. The standard InChI is InChI=1S/C10H14FNS/c1-2-8-3-4-9(13-8)5-10(11)6-12-7-10/h3-4,12H,2,5-7H2,1H3. The molecule has 0 amide bonds. The Labute approximate surface area is 82.0 Å². The highest BCUT2D eigenvalue weighted by Crippen LogP contribution is 2.26. The average Bonchev–Trinajstić information content (AvgIpc) is 2.49. The van der Waals surface area contributed by atoms with Gasteiger partial charge in [-0.25, -0.2) is 4.39 Å². The lowest BCUT2D eigenvalue weighted by atomic mass is 9.95. The third-order valence-corrected chi connectivity index (χ3v) is 3.67. The van der Waals surface area contributed by atoms with Crippen LogP contribution in [-0.4, -0.2) is 18.8 Å². The van der Waals surface area contributed by atoms with Gasteiger partial charge >= 0.3 is 0 Å². The number of hydrogen-bond acceptors (Lipinski definition) is 2. The van der Waals surface area contributed by atoms with E-state index < -0.39 is 5.67 Å². The molecule has 1 fully saturated rings. The van der Waals surface area contributed by atoms with Gasteiger partial charge in [0, 0.05) is 29.3 Å². The minimum Gasteiger partial charge on any atom is -0.310 e. The Kier molecular flexibility index (Phi) is 2.39. The normalized spacial score (nSPS) is 19.8. The molecule has 1 aromatic heterocycles. The van der Waals surface area contributed by atoms with Gasteiger partial charge in [-0.15, -0.1) is 11.3 Å². The quantitative estimate of drug-likeness (QED) is 0.786. The molecule has 13 heavy (non-hydrogen) atoms. The van der Waals surface area contributed by atoms with Gasteiger partial charge in [0.15, 0.2) is 0 Å². The van der Waals surface area contributed by atoms with Crippen LogP contribution in [0.4, 0.5) is 4.39 Å². The minimum atomic E-state index is -0.962. The third kappa shape index (κ3) is 1.92. The van der Waals surface area contributed by atoms with E-state index in [0.29, 0.717) is 19.5 Å². The van der Waals surface area contributed by atoms with E-state index in [0.717, 1.165) is 6.42 Å². The summed E-state index contributed by atoms with van der Waals surface area (Å²) in [6.07, 6.45) is 1.65. The van der Waals surface area contributed by atoms with Crippen molar-refractivity contribution in [3.05, 3.63) is 21.9 Å². The molecule has 2 heterocycles. The molecule has 0 aromatic carbocycles. The van der Waals surface area contributed by atoms with Crippen molar-refractivity contribution < 1.29 is 4.39 Å². The summed E-state index contributed by atoms with van der Waals surface area (Å²) in [6.45, 7) is 3.17. The lowest BCUT2D eigenvalue weighted by molar-refractivity contribution is 0.0921. The number of nitrogens with one attached hydrogen (secondary N) is 1. The maximum absolute atomic E-state index is 13.6. The topological polar surface area (TPSA) is 12.0 Å². The van der Waals surface area contributed by atoms with Crippen LogP contribution >= 0.6 is 11.3 Å². The molecule has 0 bridgehead atoms. The third-order valence-electron chi connectivity index (χ3n) is 2.44. The first-order valence-corrected chi connectivity index (χ1v) is 5.51. The van der Waals surface area contributed by atoms with E-state index >= 15 is 0 Å². The van der Waals surface area contributed by atoms with Crippen LogP contribution in [0.1, 0.15) is 16.7 Å². The summed E-state index contributed by atoms with van der Waals surface area (Å²) in [6, 6.07) is 4.17. The number of alkyl halides is 1. The van der Waals surface area contributed by atoms with E-state index in [9.17, 15) is 4.39 Å². The van der Waals surface area contributed by atoms with Crippen molar-refractivity contribution in [2.75, 3.05) is 13.1 Å². The fraction of sp³-hybridized carbons (Fsp3) is 0.600. The van der Waals surface area contributed by atoms with Gasteiger partial charge in [0.1, 0.15) is 5.67 Å². The summed E-state index contributed by atoms with van der Waals surface area (Å²) in [5.41, 5.74) is -0.962. The molecule has 0 aliphatic carbocycles. The summed E-state index contributed by atoms with van der Waals surface area (Å²) in [7, 11) is 0. The molecule has 2 rings (SSSR count). The molecule has 1 aromatic rings. The predicted octanol–water partition coefficient (Wildman–Crippen LogP) is 2.16. The highest BCUT2D eigenvalue weighted by Gasteiger charge is 2.37. The SMILES string of the molecule is CCc1ccc(CC2(F)CNC2)s1. The average molecular weight is 199 g/mol. The molecular weight excluding hydrogens is 185 g/mol. The summed E-state index contributed by atoms with van der Waals surface area (Å²) in [5, 5.41) is 2.97. The molecular formula is C10H14FNS. The van der Waals surface area contributed by atoms with E-state index in [1.165, 1.54) is 9.75 Å². The Balaban J connectivity index is 2.01. The van der Waals surface area contributed by atoms with Crippen LogP contribution in [0.5, 0.6) is 0 Å². The van der Waals surface area contributed by atoms with Gasteiger partial charge in [0.05, 0.1) is 0 Å². The monoisotopic (exact) mass is 199 g/mol. The number of halogens is 1. The van der Waals surface area contributed by atoms with Crippen LogP contribution in [0, 0.1) is 0 Å². The molecule has 0 spiro atoms. The van der Waals surface area contributed by atoms with Crippen LogP contribution in [0.3, 0.4) is 0 Å². The van der Waals surface area contributed by atoms with Gasteiger partial charge < -0.3 is 5.32 Å². The van der Waals surface area contributed by atoms with Crippen molar-refractivity contribution >= 4 is 11.3 Å². The Morgan fingerprint density at radius 1 is 1.46 bits per heavy atom. The smallest absolute Gasteiger partial charge is 0.140 e. The van der Waals surface area contributed by atoms with Crippen molar-refractivity contribution in [2.45, 2.75) is 25.4 Å². The molecule has 0 saturated carbocycles. The Morgan fingerprint density at radius 3 is 2.62 bits per heavy atom. The van der Waals surface area contributed by atoms with Gasteiger partial charge in [-0.1, -0.05) is 6.92 Å². The van der Waals surface area contributed by atoms with E-state index in [2.05, 4.69) is 24.4 Å². The number of aryl methyl sites for hydroxylation is 1.